The summed E-state index contributed by atoms with van der Waals surface area (Å²) in [7, 11) is 1.63. The van der Waals surface area contributed by atoms with Crippen molar-refractivity contribution in [3.05, 3.63) is 11.7 Å². The van der Waals surface area contributed by atoms with Crippen molar-refractivity contribution in [2.45, 2.75) is 32.9 Å². The maximum absolute atomic E-state index is 5.61. The molecule has 14 heavy (non-hydrogen) atoms. The molecule has 0 amide bonds. The SMILES string of the molecule is COC(c1noc(C(C)N)n1)C(C)C. The summed E-state index contributed by atoms with van der Waals surface area (Å²) in [5.74, 6) is 1.32. The minimum Gasteiger partial charge on any atom is -0.373 e. The number of aromatic nitrogens is 2. The van der Waals surface area contributed by atoms with E-state index in [2.05, 4.69) is 10.1 Å². The third kappa shape index (κ3) is 2.30. The van der Waals surface area contributed by atoms with E-state index in [1.165, 1.54) is 0 Å². The van der Waals surface area contributed by atoms with Crippen LogP contribution in [0, 0.1) is 5.92 Å². The second kappa shape index (κ2) is 4.52. The molecule has 2 atom stereocenters. The standard InChI is InChI=1S/C9H17N3O2/c1-5(2)7(13-4)8-11-9(6(3)10)14-12-8/h5-7H,10H2,1-4H3. The molecule has 0 aliphatic rings. The van der Waals surface area contributed by atoms with Gasteiger partial charge in [0.1, 0.15) is 6.10 Å². The van der Waals surface area contributed by atoms with Crippen molar-refractivity contribution >= 4 is 0 Å². The van der Waals surface area contributed by atoms with Gasteiger partial charge in [-0.2, -0.15) is 4.98 Å². The van der Waals surface area contributed by atoms with Crippen molar-refractivity contribution in [1.29, 1.82) is 0 Å². The molecule has 5 heteroatoms. The molecule has 0 saturated carbocycles. The molecule has 0 aromatic carbocycles. The van der Waals surface area contributed by atoms with Crippen LogP contribution in [0.4, 0.5) is 0 Å². The van der Waals surface area contributed by atoms with E-state index < -0.39 is 0 Å². The van der Waals surface area contributed by atoms with Crippen LogP contribution in [0.1, 0.15) is 44.6 Å². The third-order valence-electron chi connectivity index (χ3n) is 1.96. The van der Waals surface area contributed by atoms with Crippen LogP contribution in [-0.2, 0) is 4.74 Å². The van der Waals surface area contributed by atoms with Gasteiger partial charge in [0.2, 0.25) is 11.7 Å². The highest BCUT2D eigenvalue weighted by atomic mass is 16.5. The number of hydrogen-bond donors (Lipinski definition) is 1. The van der Waals surface area contributed by atoms with E-state index in [1.54, 1.807) is 14.0 Å². The van der Waals surface area contributed by atoms with Gasteiger partial charge in [0.25, 0.3) is 0 Å². The van der Waals surface area contributed by atoms with Crippen LogP contribution in [0.3, 0.4) is 0 Å². The predicted octanol–water partition coefficient (Wildman–Crippen LogP) is 1.43. The summed E-state index contributed by atoms with van der Waals surface area (Å²) in [5.41, 5.74) is 5.61. The van der Waals surface area contributed by atoms with Crippen LogP contribution in [0.15, 0.2) is 4.52 Å². The molecule has 1 heterocycles. The first-order valence-corrected chi connectivity index (χ1v) is 4.68. The van der Waals surface area contributed by atoms with Crippen LogP contribution in [-0.4, -0.2) is 17.3 Å². The predicted molar refractivity (Wildman–Crippen MR) is 51.5 cm³/mol. The van der Waals surface area contributed by atoms with Gasteiger partial charge in [-0.3, -0.25) is 0 Å². The maximum Gasteiger partial charge on any atom is 0.243 e. The van der Waals surface area contributed by atoms with Gasteiger partial charge in [0.05, 0.1) is 6.04 Å². The quantitative estimate of drug-likeness (QED) is 0.794. The molecule has 80 valence electrons. The van der Waals surface area contributed by atoms with E-state index in [0.717, 1.165) is 0 Å². The summed E-state index contributed by atoms with van der Waals surface area (Å²) in [6.45, 7) is 5.88. The van der Waals surface area contributed by atoms with E-state index in [4.69, 9.17) is 15.0 Å². The van der Waals surface area contributed by atoms with Gasteiger partial charge in [-0.1, -0.05) is 19.0 Å². The summed E-state index contributed by atoms with van der Waals surface area (Å²) >= 11 is 0. The Labute approximate surface area is 83.6 Å². The molecule has 0 radical (unpaired) electrons. The molecule has 0 saturated heterocycles. The van der Waals surface area contributed by atoms with Crippen molar-refractivity contribution in [2.75, 3.05) is 7.11 Å². The largest absolute Gasteiger partial charge is 0.373 e. The van der Waals surface area contributed by atoms with Crippen molar-refractivity contribution in [3.63, 3.8) is 0 Å². The smallest absolute Gasteiger partial charge is 0.243 e. The Balaban J connectivity index is 2.84. The fourth-order valence-corrected chi connectivity index (χ4v) is 1.22. The van der Waals surface area contributed by atoms with Gasteiger partial charge < -0.3 is 15.0 Å². The molecule has 0 aliphatic heterocycles. The lowest BCUT2D eigenvalue weighted by atomic mass is 10.1. The molecule has 1 rings (SSSR count). The lowest BCUT2D eigenvalue weighted by Crippen LogP contribution is -2.11. The zero-order valence-corrected chi connectivity index (χ0v) is 9.02. The average Bonchev–Trinajstić information content (AvgIpc) is 2.53. The molecule has 0 aliphatic carbocycles. The molecule has 5 nitrogen and oxygen atoms in total. The second-order valence-corrected chi connectivity index (χ2v) is 3.68. The molecule has 0 spiro atoms. The lowest BCUT2D eigenvalue weighted by Gasteiger charge is -2.14. The first kappa shape index (κ1) is 11.1. The number of nitrogens with two attached hydrogens (primary N) is 1. The summed E-state index contributed by atoms with van der Waals surface area (Å²) in [5, 5.41) is 3.84. The van der Waals surface area contributed by atoms with Crippen LogP contribution in [0.2, 0.25) is 0 Å². The Morgan fingerprint density at radius 2 is 2.00 bits per heavy atom. The Kier molecular flexibility index (Phi) is 3.60. The van der Waals surface area contributed by atoms with Crippen LogP contribution < -0.4 is 5.73 Å². The normalized spacial score (nSPS) is 15.9. The van der Waals surface area contributed by atoms with E-state index in [9.17, 15) is 0 Å². The van der Waals surface area contributed by atoms with Crippen LogP contribution >= 0.6 is 0 Å². The van der Waals surface area contributed by atoms with Gasteiger partial charge in [0, 0.05) is 7.11 Å². The van der Waals surface area contributed by atoms with Gasteiger partial charge in [-0.25, -0.2) is 0 Å². The Morgan fingerprint density at radius 3 is 2.36 bits per heavy atom. The highest BCUT2D eigenvalue weighted by Gasteiger charge is 2.22. The summed E-state index contributed by atoms with van der Waals surface area (Å²) in [6.07, 6.45) is -0.133. The molecule has 2 unspecified atom stereocenters. The minimum atomic E-state index is -0.235. The zero-order valence-electron chi connectivity index (χ0n) is 9.02. The molecular weight excluding hydrogens is 182 g/mol. The average molecular weight is 199 g/mol. The van der Waals surface area contributed by atoms with Crippen molar-refractivity contribution in [1.82, 2.24) is 10.1 Å². The van der Waals surface area contributed by atoms with Gasteiger partial charge in [-0.05, 0) is 12.8 Å². The topological polar surface area (TPSA) is 74.2 Å². The Hall–Kier alpha value is -0.940. The number of rotatable bonds is 4. The number of ether oxygens (including phenoxy) is 1. The van der Waals surface area contributed by atoms with E-state index in [0.29, 0.717) is 17.6 Å². The monoisotopic (exact) mass is 199 g/mol. The maximum atomic E-state index is 5.61. The number of nitrogens with zero attached hydrogens (tertiary/aromatic N) is 2. The molecule has 0 bridgehead atoms. The summed E-state index contributed by atoms with van der Waals surface area (Å²) in [4.78, 5) is 4.17. The van der Waals surface area contributed by atoms with Gasteiger partial charge >= 0.3 is 0 Å². The fraction of sp³-hybridized carbons (Fsp3) is 0.778. The highest BCUT2D eigenvalue weighted by Crippen LogP contribution is 2.22. The van der Waals surface area contributed by atoms with E-state index >= 15 is 0 Å². The molecule has 2 N–H and O–H groups in total. The lowest BCUT2D eigenvalue weighted by molar-refractivity contribution is 0.0555. The van der Waals surface area contributed by atoms with Crippen LogP contribution in [0.5, 0.6) is 0 Å². The molecular formula is C9H17N3O2. The van der Waals surface area contributed by atoms with Gasteiger partial charge in [-0.15, -0.1) is 0 Å². The molecule has 1 aromatic rings. The first-order valence-electron chi connectivity index (χ1n) is 4.68. The highest BCUT2D eigenvalue weighted by molar-refractivity contribution is 4.94. The van der Waals surface area contributed by atoms with Crippen LogP contribution in [0.25, 0.3) is 0 Å². The van der Waals surface area contributed by atoms with Crippen molar-refractivity contribution < 1.29 is 9.26 Å². The number of methoxy groups -OCH3 is 1. The first-order chi connectivity index (χ1) is 6.56. The van der Waals surface area contributed by atoms with Gasteiger partial charge in [0.15, 0.2) is 0 Å². The summed E-state index contributed by atoms with van der Waals surface area (Å²) < 4.78 is 10.3. The Bertz CT molecular complexity index is 283. The number of hydrogen-bond acceptors (Lipinski definition) is 5. The van der Waals surface area contributed by atoms with Crippen molar-refractivity contribution in [3.8, 4) is 0 Å². The fourth-order valence-electron chi connectivity index (χ4n) is 1.22. The molecule has 0 fully saturated rings. The third-order valence-corrected chi connectivity index (χ3v) is 1.96. The Morgan fingerprint density at radius 1 is 1.36 bits per heavy atom. The minimum absolute atomic E-state index is 0.133. The summed E-state index contributed by atoms with van der Waals surface area (Å²) in [6, 6.07) is -0.235. The molecule has 1 aromatic heterocycles. The van der Waals surface area contributed by atoms with Crippen molar-refractivity contribution in [2.24, 2.45) is 11.7 Å². The van der Waals surface area contributed by atoms with E-state index in [1.807, 2.05) is 13.8 Å². The zero-order chi connectivity index (χ0) is 10.7. The van der Waals surface area contributed by atoms with E-state index in [-0.39, 0.29) is 12.1 Å². The second-order valence-electron chi connectivity index (χ2n) is 3.68.